The van der Waals surface area contributed by atoms with Gasteiger partial charge in [-0.15, -0.1) is 0 Å². The number of nitrogens with one attached hydrogen (secondary N) is 1. The molecule has 0 bridgehead atoms. The van der Waals surface area contributed by atoms with Crippen molar-refractivity contribution in [1.82, 2.24) is 15.0 Å². The highest BCUT2D eigenvalue weighted by atomic mass is 32.2. The molecule has 8 heteroatoms. The van der Waals surface area contributed by atoms with E-state index < -0.39 is 10.8 Å². The third kappa shape index (κ3) is 3.96. The van der Waals surface area contributed by atoms with Crippen LogP contribution in [-0.2, 0) is 16.6 Å². The van der Waals surface area contributed by atoms with Crippen molar-refractivity contribution in [3.8, 4) is 11.5 Å². The van der Waals surface area contributed by atoms with Gasteiger partial charge in [-0.1, -0.05) is 0 Å². The smallest absolute Gasteiger partial charge is 0.197 e. The second kappa shape index (κ2) is 8.16. The van der Waals surface area contributed by atoms with E-state index in [2.05, 4.69) is 15.0 Å². The Balaban J connectivity index is 0.00000225. The number of aromatic nitrogens is 3. The van der Waals surface area contributed by atoms with Gasteiger partial charge in [0.15, 0.2) is 5.16 Å². The van der Waals surface area contributed by atoms with Gasteiger partial charge in [0.1, 0.15) is 11.5 Å². The normalized spacial score (nSPS) is 11.8. The Morgan fingerprint density at radius 2 is 1.96 bits per heavy atom. The lowest BCUT2D eigenvalue weighted by Gasteiger charge is -2.11. The number of aryl methyl sites for hydroxylation is 1. The zero-order chi connectivity index (χ0) is 17.3. The lowest BCUT2D eigenvalue weighted by molar-refractivity contribution is 0.407. The number of hydrogen-bond acceptors (Lipinski definition) is 5. The quantitative estimate of drug-likeness (QED) is 0.699. The minimum absolute atomic E-state index is 0. The van der Waals surface area contributed by atoms with Gasteiger partial charge in [-0.25, -0.2) is 4.98 Å². The second-order valence-electron chi connectivity index (χ2n) is 5.46. The fourth-order valence-corrected chi connectivity index (χ4v) is 3.71. The van der Waals surface area contributed by atoms with Gasteiger partial charge in [-0.05, 0) is 26.0 Å². The highest BCUT2D eigenvalue weighted by Gasteiger charge is 2.16. The molecule has 2 radical (unpaired) electrons. The summed E-state index contributed by atoms with van der Waals surface area (Å²) in [4.78, 5) is 11.9. The summed E-state index contributed by atoms with van der Waals surface area (Å²) in [6, 6.07) is 5.50. The van der Waals surface area contributed by atoms with Crippen molar-refractivity contribution in [3.05, 3.63) is 41.2 Å². The first-order valence-corrected chi connectivity index (χ1v) is 8.76. The summed E-state index contributed by atoms with van der Waals surface area (Å²) in [5.41, 5.74) is 4.16. The maximum atomic E-state index is 12.7. The van der Waals surface area contributed by atoms with E-state index in [0.717, 1.165) is 39.4 Å². The lowest BCUT2D eigenvalue weighted by atomic mass is 10.1. The van der Waals surface area contributed by atoms with Crippen LogP contribution in [-0.4, -0.2) is 56.4 Å². The van der Waals surface area contributed by atoms with Crippen molar-refractivity contribution in [2.75, 3.05) is 14.2 Å². The number of aromatic amines is 1. The van der Waals surface area contributed by atoms with Crippen molar-refractivity contribution in [2.24, 2.45) is 0 Å². The van der Waals surface area contributed by atoms with E-state index in [0.29, 0.717) is 5.16 Å². The number of hydrogen-bond donors (Lipinski definition) is 1. The molecule has 0 saturated heterocycles. The van der Waals surface area contributed by atoms with Crippen molar-refractivity contribution in [2.45, 2.75) is 24.8 Å². The van der Waals surface area contributed by atoms with Gasteiger partial charge in [-0.3, -0.25) is 9.19 Å². The van der Waals surface area contributed by atoms with Crippen molar-refractivity contribution in [1.29, 1.82) is 0 Å². The molecular weight excluding hydrogens is 351 g/mol. The number of rotatable bonds is 5. The lowest BCUT2D eigenvalue weighted by Crippen LogP contribution is -2.05. The molecule has 1 aromatic carbocycles. The van der Waals surface area contributed by atoms with Gasteiger partial charge >= 0.3 is 0 Å². The molecule has 1 N–H and O–H groups in total. The molecule has 0 amide bonds. The SMILES string of the molecule is COc1ccc2nc(S(=O)Cc3ncc(C)c(OC)c3C)[nH]c2c1.[Mg]. The van der Waals surface area contributed by atoms with Gasteiger partial charge in [0.25, 0.3) is 0 Å². The number of fused-ring (bicyclic) bond motifs is 1. The Kier molecular flexibility index (Phi) is 6.42. The molecule has 6 nitrogen and oxygen atoms in total. The average molecular weight is 370 g/mol. The monoisotopic (exact) mass is 369 g/mol. The standard InChI is InChI=1S/C17H19N3O3S.Mg/c1-10-8-18-15(11(2)16(10)23-4)9-24(21)17-19-13-6-5-12(22-3)7-14(13)20-17;/h5-8H,9H2,1-4H3,(H,19,20);. The molecule has 2 aromatic heterocycles. The van der Waals surface area contributed by atoms with E-state index in [9.17, 15) is 4.21 Å². The summed E-state index contributed by atoms with van der Waals surface area (Å²) in [5, 5.41) is 0.430. The Hall–Kier alpha value is -1.64. The molecule has 3 rings (SSSR count). The number of methoxy groups -OCH3 is 2. The van der Waals surface area contributed by atoms with Crippen LogP contribution in [0.15, 0.2) is 29.6 Å². The third-order valence-corrected chi connectivity index (χ3v) is 5.06. The van der Waals surface area contributed by atoms with E-state index in [4.69, 9.17) is 9.47 Å². The van der Waals surface area contributed by atoms with Crippen LogP contribution in [0.1, 0.15) is 16.8 Å². The summed E-state index contributed by atoms with van der Waals surface area (Å²) in [6.45, 7) is 3.86. The van der Waals surface area contributed by atoms with Crippen LogP contribution in [0.2, 0.25) is 0 Å². The number of H-pyrrole nitrogens is 1. The Bertz CT molecular complexity index is 927. The first kappa shape index (κ1) is 19.7. The molecule has 128 valence electrons. The van der Waals surface area contributed by atoms with Gasteiger partial charge in [0, 0.05) is 46.4 Å². The molecule has 2 heterocycles. The Morgan fingerprint density at radius 3 is 2.64 bits per heavy atom. The highest BCUT2D eigenvalue weighted by Crippen LogP contribution is 2.26. The molecule has 1 atom stereocenters. The molecule has 25 heavy (non-hydrogen) atoms. The fourth-order valence-electron chi connectivity index (χ4n) is 2.61. The number of imidazole rings is 1. The molecule has 0 aliphatic rings. The number of ether oxygens (including phenoxy) is 2. The van der Waals surface area contributed by atoms with Crippen molar-refractivity contribution in [3.63, 3.8) is 0 Å². The Morgan fingerprint density at radius 1 is 1.20 bits per heavy atom. The molecule has 0 saturated carbocycles. The van der Waals surface area contributed by atoms with Crippen LogP contribution in [0.25, 0.3) is 11.0 Å². The largest absolute Gasteiger partial charge is 0.497 e. The van der Waals surface area contributed by atoms with Gasteiger partial charge in [-0.2, -0.15) is 0 Å². The van der Waals surface area contributed by atoms with Crippen LogP contribution in [0.5, 0.6) is 11.5 Å². The van der Waals surface area contributed by atoms with Crippen LogP contribution < -0.4 is 9.47 Å². The average Bonchev–Trinajstić information content (AvgIpc) is 3.01. The van der Waals surface area contributed by atoms with E-state index >= 15 is 0 Å². The third-order valence-electron chi connectivity index (χ3n) is 3.90. The summed E-state index contributed by atoms with van der Waals surface area (Å²) < 4.78 is 23.3. The van der Waals surface area contributed by atoms with Crippen LogP contribution in [0.4, 0.5) is 0 Å². The number of pyridine rings is 1. The van der Waals surface area contributed by atoms with Crippen LogP contribution in [0, 0.1) is 13.8 Å². The summed E-state index contributed by atoms with van der Waals surface area (Å²) in [6.07, 6.45) is 1.74. The molecule has 3 aromatic rings. The summed E-state index contributed by atoms with van der Waals surface area (Å²) in [7, 11) is 1.91. The van der Waals surface area contributed by atoms with E-state index in [1.165, 1.54) is 0 Å². The maximum absolute atomic E-state index is 12.7. The minimum atomic E-state index is -1.33. The molecule has 0 spiro atoms. The Labute approximate surface area is 165 Å². The molecule has 0 fully saturated rings. The minimum Gasteiger partial charge on any atom is -0.497 e. The second-order valence-corrected chi connectivity index (χ2v) is 6.83. The van der Waals surface area contributed by atoms with Crippen molar-refractivity contribution < 1.29 is 13.7 Å². The molecule has 0 aliphatic heterocycles. The van der Waals surface area contributed by atoms with E-state index in [1.807, 2.05) is 32.0 Å². The molecule has 1 unspecified atom stereocenters. The van der Waals surface area contributed by atoms with Crippen LogP contribution >= 0.6 is 0 Å². The summed E-state index contributed by atoms with van der Waals surface area (Å²) >= 11 is 0. The number of nitrogens with zero attached hydrogens (tertiary/aromatic N) is 2. The highest BCUT2D eigenvalue weighted by molar-refractivity contribution is 7.84. The van der Waals surface area contributed by atoms with E-state index in [1.54, 1.807) is 20.4 Å². The van der Waals surface area contributed by atoms with Crippen molar-refractivity contribution >= 4 is 44.9 Å². The fraction of sp³-hybridized carbons (Fsp3) is 0.294. The predicted molar refractivity (Wildman–Crippen MR) is 98.8 cm³/mol. The zero-order valence-electron chi connectivity index (χ0n) is 14.8. The molecular formula is C17H19MgN3O3S. The molecule has 0 aliphatic carbocycles. The topological polar surface area (TPSA) is 77.1 Å². The first-order chi connectivity index (χ1) is 11.5. The summed E-state index contributed by atoms with van der Waals surface area (Å²) in [5.74, 6) is 1.79. The number of benzene rings is 1. The van der Waals surface area contributed by atoms with Gasteiger partial charge < -0.3 is 14.5 Å². The maximum Gasteiger partial charge on any atom is 0.197 e. The predicted octanol–water partition coefficient (Wildman–Crippen LogP) is 2.52. The first-order valence-electron chi connectivity index (χ1n) is 7.44. The van der Waals surface area contributed by atoms with Gasteiger partial charge in [0.2, 0.25) is 0 Å². The van der Waals surface area contributed by atoms with E-state index in [-0.39, 0.29) is 28.8 Å². The van der Waals surface area contributed by atoms with Gasteiger partial charge in [0.05, 0.1) is 47.5 Å². The zero-order valence-corrected chi connectivity index (χ0v) is 17.0. The van der Waals surface area contributed by atoms with Crippen LogP contribution in [0.3, 0.4) is 0 Å².